The van der Waals surface area contributed by atoms with Gasteiger partial charge in [0.15, 0.2) is 5.82 Å². The standard InChI is InChI=1S/C18H20N4O2S2/c1-26(23,24)21-13-8-10-22(11-9-13)18-14-5-2-3-6-15(14)19-17(20-18)16-7-4-12-25-16/h2-7,12-13,21H,8-11H2,1H3. The second-order valence-corrected chi connectivity index (χ2v) is 9.24. The molecule has 0 aliphatic carbocycles. The number of sulfonamides is 1. The van der Waals surface area contributed by atoms with Gasteiger partial charge in [0.25, 0.3) is 0 Å². The molecule has 0 atom stereocenters. The Kier molecular flexibility index (Phi) is 4.64. The van der Waals surface area contributed by atoms with E-state index in [1.54, 1.807) is 11.3 Å². The molecule has 1 aromatic carbocycles. The largest absolute Gasteiger partial charge is 0.356 e. The van der Waals surface area contributed by atoms with Crippen molar-refractivity contribution in [3.05, 3.63) is 41.8 Å². The quantitative estimate of drug-likeness (QED) is 0.744. The fraction of sp³-hybridized carbons (Fsp3) is 0.333. The maximum Gasteiger partial charge on any atom is 0.208 e. The van der Waals surface area contributed by atoms with E-state index in [2.05, 4.69) is 9.62 Å². The maximum absolute atomic E-state index is 11.5. The molecule has 1 fully saturated rings. The number of hydrogen-bond donors (Lipinski definition) is 1. The highest BCUT2D eigenvalue weighted by Gasteiger charge is 2.24. The highest BCUT2D eigenvalue weighted by molar-refractivity contribution is 7.88. The lowest BCUT2D eigenvalue weighted by atomic mass is 10.1. The van der Waals surface area contributed by atoms with E-state index in [9.17, 15) is 8.42 Å². The van der Waals surface area contributed by atoms with Crippen LogP contribution in [-0.4, -0.2) is 43.8 Å². The molecule has 4 rings (SSSR count). The van der Waals surface area contributed by atoms with Gasteiger partial charge in [-0.25, -0.2) is 23.1 Å². The highest BCUT2D eigenvalue weighted by atomic mass is 32.2. The Morgan fingerprint density at radius 2 is 1.88 bits per heavy atom. The van der Waals surface area contributed by atoms with Crippen molar-refractivity contribution >= 4 is 38.1 Å². The van der Waals surface area contributed by atoms with Crippen molar-refractivity contribution < 1.29 is 8.42 Å². The minimum atomic E-state index is -3.17. The van der Waals surface area contributed by atoms with Crippen molar-refractivity contribution in [1.82, 2.24) is 14.7 Å². The number of fused-ring (bicyclic) bond motifs is 1. The van der Waals surface area contributed by atoms with Crippen molar-refractivity contribution in [3.63, 3.8) is 0 Å². The molecule has 0 amide bonds. The van der Waals surface area contributed by atoms with Crippen LogP contribution in [0.25, 0.3) is 21.6 Å². The van der Waals surface area contributed by atoms with E-state index < -0.39 is 10.0 Å². The summed E-state index contributed by atoms with van der Waals surface area (Å²) in [7, 11) is -3.17. The molecule has 6 nitrogen and oxygen atoms in total. The first-order valence-electron chi connectivity index (χ1n) is 8.52. The molecular formula is C18H20N4O2S2. The number of nitrogens with one attached hydrogen (secondary N) is 1. The summed E-state index contributed by atoms with van der Waals surface area (Å²) in [5.41, 5.74) is 0.928. The molecule has 1 N–H and O–H groups in total. The molecule has 0 unspecified atom stereocenters. The number of rotatable bonds is 4. The minimum Gasteiger partial charge on any atom is -0.356 e. The third-order valence-corrected chi connectivity index (χ3v) is 6.13. The Hall–Kier alpha value is -2.03. The van der Waals surface area contributed by atoms with E-state index in [1.165, 1.54) is 6.26 Å². The molecule has 0 spiro atoms. The van der Waals surface area contributed by atoms with Gasteiger partial charge in [0.05, 0.1) is 16.6 Å². The summed E-state index contributed by atoms with van der Waals surface area (Å²) in [6, 6.07) is 12.1. The zero-order chi connectivity index (χ0) is 18.1. The third-order valence-electron chi connectivity index (χ3n) is 4.50. The number of piperidine rings is 1. The Morgan fingerprint density at radius 3 is 2.58 bits per heavy atom. The topological polar surface area (TPSA) is 75.2 Å². The van der Waals surface area contributed by atoms with E-state index >= 15 is 0 Å². The number of hydrogen-bond acceptors (Lipinski definition) is 6. The Balaban J connectivity index is 1.66. The molecule has 136 valence electrons. The van der Waals surface area contributed by atoms with Crippen LogP contribution in [0.15, 0.2) is 41.8 Å². The van der Waals surface area contributed by atoms with Gasteiger partial charge in [0.1, 0.15) is 5.82 Å². The molecule has 1 saturated heterocycles. The Labute approximate surface area is 157 Å². The van der Waals surface area contributed by atoms with Crippen LogP contribution in [0.2, 0.25) is 0 Å². The molecule has 1 aliphatic heterocycles. The van der Waals surface area contributed by atoms with Crippen LogP contribution in [0.5, 0.6) is 0 Å². The molecule has 1 aliphatic rings. The summed E-state index contributed by atoms with van der Waals surface area (Å²) in [5, 5.41) is 3.05. The second-order valence-electron chi connectivity index (χ2n) is 6.52. The van der Waals surface area contributed by atoms with Gasteiger partial charge in [-0.2, -0.15) is 0 Å². The molecule has 2 aromatic heterocycles. The average molecular weight is 389 g/mol. The number of benzene rings is 1. The number of aromatic nitrogens is 2. The monoisotopic (exact) mass is 388 g/mol. The van der Waals surface area contributed by atoms with Gasteiger partial charge in [0.2, 0.25) is 10.0 Å². The summed E-state index contributed by atoms with van der Waals surface area (Å²) in [5.74, 6) is 1.67. The average Bonchev–Trinajstić information content (AvgIpc) is 3.15. The van der Waals surface area contributed by atoms with Crippen molar-refractivity contribution in [2.24, 2.45) is 0 Å². The smallest absolute Gasteiger partial charge is 0.208 e. The van der Waals surface area contributed by atoms with Crippen LogP contribution in [0.3, 0.4) is 0 Å². The molecule has 3 aromatic rings. The van der Waals surface area contributed by atoms with Gasteiger partial charge in [-0.3, -0.25) is 0 Å². The van der Waals surface area contributed by atoms with Crippen LogP contribution in [0.1, 0.15) is 12.8 Å². The highest BCUT2D eigenvalue weighted by Crippen LogP contribution is 2.30. The van der Waals surface area contributed by atoms with Gasteiger partial charge < -0.3 is 4.90 Å². The van der Waals surface area contributed by atoms with E-state index in [-0.39, 0.29) is 6.04 Å². The lowest BCUT2D eigenvalue weighted by Crippen LogP contribution is -2.44. The summed E-state index contributed by atoms with van der Waals surface area (Å²) in [6.07, 6.45) is 2.74. The van der Waals surface area contributed by atoms with E-state index in [4.69, 9.17) is 9.97 Å². The maximum atomic E-state index is 11.5. The van der Waals surface area contributed by atoms with E-state index in [0.717, 1.165) is 53.4 Å². The molecular weight excluding hydrogens is 368 g/mol. The predicted molar refractivity (Wildman–Crippen MR) is 106 cm³/mol. The van der Waals surface area contributed by atoms with Crippen molar-refractivity contribution in [2.45, 2.75) is 18.9 Å². The third kappa shape index (κ3) is 3.72. The van der Waals surface area contributed by atoms with Crippen LogP contribution < -0.4 is 9.62 Å². The van der Waals surface area contributed by atoms with Crippen LogP contribution in [0, 0.1) is 0 Å². The zero-order valence-corrected chi connectivity index (χ0v) is 16.1. The van der Waals surface area contributed by atoms with Gasteiger partial charge >= 0.3 is 0 Å². The normalized spacial score (nSPS) is 16.3. The number of thiophene rings is 1. The molecule has 8 heteroatoms. The molecule has 0 radical (unpaired) electrons. The van der Waals surface area contributed by atoms with Gasteiger partial charge in [-0.05, 0) is 36.4 Å². The van der Waals surface area contributed by atoms with Gasteiger partial charge in [-0.15, -0.1) is 11.3 Å². The Bertz CT molecular complexity index is 1010. The summed E-state index contributed by atoms with van der Waals surface area (Å²) in [4.78, 5) is 12.9. The molecule has 26 heavy (non-hydrogen) atoms. The summed E-state index contributed by atoms with van der Waals surface area (Å²) < 4.78 is 25.6. The Morgan fingerprint density at radius 1 is 1.12 bits per heavy atom. The minimum absolute atomic E-state index is 0.00822. The SMILES string of the molecule is CS(=O)(=O)NC1CCN(c2nc(-c3cccs3)nc3ccccc23)CC1. The fourth-order valence-electron chi connectivity index (χ4n) is 3.33. The fourth-order valence-corrected chi connectivity index (χ4v) is 4.83. The lowest BCUT2D eigenvalue weighted by molar-refractivity contribution is 0.460. The van der Waals surface area contributed by atoms with E-state index in [1.807, 2.05) is 41.8 Å². The van der Waals surface area contributed by atoms with Gasteiger partial charge in [-0.1, -0.05) is 18.2 Å². The van der Waals surface area contributed by atoms with Crippen molar-refractivity contribution in [3.8, 4) is 10.7 Å². The summed E-state index contributed by atoms with van der Waals surface area (Å²) in [6.45, 7) is 1.52. The molecule has 0 bridgehead atoms. The first kappa shape index (κ1) is 17.4. The van der Waals surface area contributed by atoms with Crippen molar-refractivity contribution in [1.29, 1.82) is 0 Å². The zero-order valence-electron chi connectivity index (χ0n) is 14.4. The predicted octanol–water partition coefficient (Wildman–Crippen LogP) is 2.88. The second kappa shape index (κ2) is 6.94. The molecule has 0 saturated carbocycles. The van der Waals surface area contributed by atoms with Gasteiger partial charge in [0, 0.05) is 24.5 Å². The number of para-hydroxylation sites is 1. The van der Waals surface area contributed by atoms with Crippen LogP contribution in [0.4, 0.5) is 5.82 Å². The lowest BCUT2D eigenvalue weighted by Gasteiger charge is -2.33. The number of anilines is 1. The van der Waals surface area contributed by atoms with Crippen LogP contribution in [-0.2, 0) is 10.0 Å². The number of nitrogens with zero attached hydrogens (tertiary/aromatic N) is 3. The molecule has 3 heterocycles. The summed E-state index contributed by atoms with van der Waals surface area (Å²) >= 11 is 1.63. The van der Waals surface area contributed by atoms with Crippen molar-refractivity contribution in [2.75, 3.05) is 24.2 Å². The first-order valence-corrected chi connectivity index (χ1v) is 11.3. The van der Waals surface area contributed by atoms with E-state index in [0.29, 0.717) is 0 Å². The van der Waals surface area contributed by atoms with Crippen LogP contribution >= 0.6 is 11.3 Å². The first-order chi connectivity index (χ1) is 12.5.